The standard InChI is InChI=1S/C13H23N3/c1-3-6-14-13(7-11-4-5-11)8-12-9-15-16(2)10-12/h9-11,13-14H,3-8H2,1-2H3. The molecular weight excluding hydrogens is 198 g/mol. The second-order valence-corrected chi connectivity index (χ2v) is 5.06. The summed E-state index contributed by atoms with van der Waals surface area (Å²) in [6.07, 6.45) is 10.7. The molecule has 1 fully saturated rings. The summed E-state index contributed by atoms with van der Waals surface area (Å²) in [5.74, 6) is 0.992. The molecule has 0 amide bonds. The molecule has 1 aromatic heterocycles. The molecule has 3 nitrogen and oxygen atoms in total. The largest absolute Gasteiger partial charge is 0.314 e. The van der Waals surface area contributed by atoms with Crippen molar-refractivity contribution in [1.29, 1.82) is 0 Å². The van der Waals surface area contributed by atoms with E-state index < -0.39 is 0 Å². The van der Waals surface area contributed by atoms with Crippen molar-refractivity contribution in [1.82, 2.24) is 15.1 Å². The van der Waals surface area contributed by atoms with E-state index in [0.29, 0.717) is 6.04 Å². The van der Waals surface area contributed by atoms with Gasteiger partial charge in [0.25, 0.3) is 0 Å². The highest BCUT2D eigenvalue weighted by Gasteiger charge is 2.25. The summed E-state index contributed by atoms with van der Waals surface area (Å²) < 4.78 is 1.89. The minimum Gasteiger partial charge on any atom is -0.314 e. The van der Waals surface area contributed by atoms with Gasteiger partial charge >= 0.3 is 0 Å². The van der Waals surface area contributed by atoms with Crippen molar-refractivity contribution in [2.45, 2.75) is 45.1 Å². The third-order valence-electron chi connectivity index (χ3n) is 3.24. The van der Waals surface area contributed by atoms with Crippen LogP contribution in [0.4, 0.5) is 0 Å². The summed E-state index contributed by atoms with van der Waals surface area (Å²) >= 11 is 0. The summed E-state index contributed by atoms with van der Waals surface area (Å²) in [5, 5.41) is 7.90. The van der Waals surface area contributed by atoms with Gasteiger partial charge in [-0.2, -0.15) is 5.10 Å². The van der Waals surface area contributed by atoms with Crippen LogP contribution in [0.25, 0.3) is 0 Å². The van der Waals surface area contributed by atoms with Crippen LogP contribution in [-0.2, 0) is 13.5 Å². The van der Waals surface area contributed by atoms with Gasteiger partial charge in [0.05, 0.1) is 6.20 Å². The van der Waals surface area contributed by atoms with Gasteiger partial charge in [0, 0.05) is 19.3 Å². The summed E-state index contributed by atoms with van der Waals surface area (Å²) in [7, 11) is 1.98. The highest BCUT2D eigenvalue weighted by Crippen LogP contribution is 2.34. The average molecular weight is 221 g/mol. The topological polar surface area (TPSA) is 29.9 Å². The maximum Gasteiger partial charge on any atom is 0.0522 e. The Morgan fingerprint density at radius 1 is 1.56 bits per heavy atom. The average Bonchev–Trinajstić information content (AvgIpc) is 2.98. The lowest BCUT2D eigenvalue weighted by atomic mass is 10.0. The van der Waals surface area contributed by atoms with E-state index in [1.165, 1.54) is 31.2 Å². The van der Waals surface area contributed by atoms with E-state index in [0.717, 1.165) is 18.9 Å². The van der Waals surface area contributed by atoms with Crippen molar-refractivity contribution in [2.24, 2.45) is 13.0 Å². The fraction of sp³-hybridized carbons (Fsp3) is 0.769. The molecule has 0 aromatic carbocycles. The number of rotatable bonds is 7. The molecule has 2 rings (SSSR count). The molecule has 0 aliphatic heterocycles. The van der Waals surface area contributed by atoms with Crippen LogP contribution in [0.2, 0.25) is 0 Å². The third kappa shape index (κ3) is 3.63. The van der Waals surface area contributed by atoms with Crippen LogP contribution in [-0.4, -0.2) is 22.4 Å². The fourth-order valence-electron chi connectivity index (χ4n) is 2.21. The first-order valence-corrected chi connectivity index (χ1v) is 6.49. The molecule has 1 saturated carbocycles. The Morgan fingerprint density at radius 3 is 2.94 bits per heavy atom. The van der Waals surface area contributed by atoms with Crippen molar-refractivity contribution in [3.05, 3.63) is 18.0 Å². The number of nitrogens with zero attached hydrogens (tertiary/aromatic N) is 2. The van der Waals surface area contributed by atoms with Crippen LogP contribution >= 0.6 is 0 Å². The molecule has 0 spiro atoms. The number of nitrogens with one attached hydrogen (secondary N) is 1. The van der Waals surface area contributed by atoms with Gasteiger partial charge in [0.1, 0.15) is 0 Å². The van der Waals surface area contributed by atoms with Crippen LogP contribution in [0.15, 0.2) is 12.4 Å². The minimum atomic E-state index is 0.650. The first-order chi connectivity index (χ1) is 7.78. The Morgan fingerprint density at radius 2 is 2.38 bits per heavy atom. The zero-order valence-electron chi connectivity index (χ0n) is 10.4. The SMILES string of the molecule is CCCNC(Cc1cnn(C)c1)CC1CC1. The van der Waals surface area contributed by atoms with Crippen LogP contribution in [0.3, 0.4) is 0 Å². The molecule has 0 radical (unpaired) electrons. The van der Waals surface area contributed by atoms with Gasteiger partial charge < -0.3 is 5.32 Å². The molecular formula is C13H23N3. The molecule has 1 heterocycles. The lowest BCUT2D eigenvalue weighted by Crippen LogP contribution is -2.32. The fourth-order valence-corrected chi connectivity index (χ4v) is 2.21. The normalized spacial score (nSPS) is 17.6. The lowest BCUT2D eigenvalue weighted by Gasteiger charge is -2.17. The molecule has 1 unspecified atom stereocenters. The van der Waals surface area contributed by atoms with Gasteiger partial charge in [-0.3, -0.25) is 4.68 Å². The third-order valence-corrected chi connectivity index (χ3v) is 3.24. The Labute approximate surface area is 98.2 Å². The maximum absolute atomic E-state index is 4.23. The second kappa shape index (κ2) is 5.48. The van der Waals surface area contributed by atoms with Crippen molar-refractivity contribution >= 4 is 0 Å². The van der Waals surface area contributed by atoms with Gasteiger partial charge in [0.2, 0.25) is 0 Å². The molecule has 1 N–H and O–H groups in total. The van der Waals surface area contributed by atoms with Crippen molar-refractivity contribution < 1.29 is 0 Å². The Bertz CT molecular complexity index is 315. The van der Waals surface area contributed by atoms with E-state index in [-0.39, 0.29) is 0 Å². The van der Waals surface area contributed by atoms with Crippen LogP contribution in [0.5, 0.6) is 0 Å². The molecule has 0 bridgehead atoms. The number of aryl methyl sites for hydroxylation is 1. The Balaban J connectivity index is 1.84. The van der Waals surface area contributed by atoms with Gasteiger partial charge in [0.15, 0.2) is 0 Å². The van der Waals surface area contributed by atoms with Crippen LogP contribution < -0.4 is 5.32 Å². The zero-order valence-corrected chi connectivity index (χ0v) is 10.4. The quantitative estimate of drug-likeness (QED) is 0.764. The van der Waals surface area contributed by atoms with Crippen LogP contribution in [0, 0.1) is 5.92 Å². The van der Waals surface area contributed by atoms with Crippen molar-refractivity contribution in [3.63, 3.8) is 0 Å². The van der Waals surface area contributed by atoms with Crippen molar-refractivity contribution in [2.75, 3.05) is 6.54 Å². The highest BCUT2D eigenvalue weighted by molar-refractivity contribution is 5.06. The predicted molar refractivity (Wildman–Crippen MR) is 66.3 cm³/mol. The van der Waals surface area contributed by atoms with E-state index in [1.54, 1.807) is 0 Å². The molecule has 1 atom stereocenters. The Kier molecular flexibility index (Phi) is 3.99. The first-order valence-electron chi connectivity index (χ1n) is 6.49. The molecule has 1 aliphatic carbocycles. The lowest BCUT2D eigenvalue weighted by molar-refractivity contribution is 0.455. The Hall–Kier alpha value is -0.830. The molecule has 3 heteroatoms. The smallest absolute Gasteiger partial charge is 0.0522 e. The van der Waals surface area contributed by atoms with Gasteiger partial charge in [-0.15, -0.1) is 0 Å². The maximum atomic E-state index is 4.23. The summed E-state index contributed by atoms with van der Waals surface area (Å²) in [6, 6.07) is 0.650. The van der Waals surface area contributed by atoms with Gasteiger partial charge in [-0.1, -0.05) is 19.8 Å². The summed E-state index contributed by atoms with van der Waals surface area (Å²) in [5.41, 5.74) is 1.36. The molecule has 0 saturated heterocycles. The number of hydrogen-bond donors (Lipinski definition) is 1. The summed E-state index contributed by atoms with van der Waals surface area (Å²) in [6.45, 7) is 3.36. The summed E-state index contributed by atoms with van der Waals surface area (Å²) in [4.78, 5) is 0. The monoisotopic (exact) mass is 221 g/mol. The minimum absolute atomic E-state index is 0.650. The number of hydrogen-bond acceptors (Lipinski definition) is 2. The zero-order chi connectivity index (χ0) is 11.4. The highest BCUT2D eigenvalue weighted by atomic mass is 15.2. The van der Waals surface area contributed by atoms with Crippen molar-refractivity contribution in [3.8, 4) is 0 Å². The molecule has 1 aliphatic rings. The second-order valence-electron chi connectivity index (χ2n) is 5.06. The molecule has 16 heavy (non-hydrogen) atoms. The predicted octanol–water partition coefficient (Wildman–Crippen LogP) is 2.13. The molecule has 1 aromatic rings. The molecule has 90 valence electrons. The number of aromatic nitrogens is 2. The van der Waals surface area contributed by atoms with Gasteiger partial charge in [-0.25, -0.2) is 0 Å². The van der Waals surface area contributed by atoms with E-state index in [9.17, 15) is 0 Å². The van der Waals surface area contributed by atoms with E-state index in [1.807, 2.05) is 17.9 Å². The van der Waals surface area contributed by atoms with E-state index in [2.05, 4.69) is 23.5 Å². The van der Waals surface area contributed by atoms with Gasteiger partial charge in [-0.05, 0) is 37.3 Å². The first kappa shape index (κ1) is 11.6. The van der Waals surface area contributed by atoms with Crippen LogP contribution in [0.1, 0.15) is 38.2 Å². The van der Waals surface area contributed by atoms with E-state index in [4.69, 9.17) is 0 Å². The van der Waals surface area contributed by atoms with E-state index >= 15 is 0 Å².